The number of halogens is 2. The van der Waals surface area contributed by atoms with Crippen LogP contribution in [0, 0.1) is 6.92 Å². The van der Waals surface area contributed by atoms with E-state index in [0.717, 1.165) is 48.0 Å². The van der Waals surface area contributed by atoms with Crippen LogP contribution in [-0.2, 0) is 13.1 Å². The predicted octanol–water partition coefficient (Wildman–Crippen LogP) is 3.17. The highest BCUT2D eigenvalue weighted by Crippen LogP contribution is 2.22. The third kappa shape index (κ3) is 4.69. The first-order valence-electron chi connectivity index (χ1n) is 7.78. The summed E-state index contributed by atoms with van der Waals surface area (Å²) in [7, 11) is 1.79. The van der Waals surface area contributed by atoms with Gasteiger partial charge >= 0.3 is 0 Å². The molecule has 2 heterocycles. The molecule has 0 saturated carbocycles. The molecule has 0 radical (unpaired) electrons. The van der Waals surface area contributed by atoms with Crippen LogP contribution in [0.15, 0.2) is 33.7 Å². The summed E-state index contributed by atoms with van der Waals surface area (Å²) in [5, 5.41) is 11.3. The zero-order valence-electron chi connectivity index (χ0n) is 13.8. The lowest BCUT2D eigenvalue weighted by atomic mass is 10.1. The van der Waals surface area contributed by atoms with Crippen LogP contribution >= 0.6 is 39.9 Å². The van der Waals surface area contributed by atoms with Gasteiger partial charge in [0.15, 0.2) is 5.96 Å². The number of rotatable bonds is 3. The van der Waals surface area contributed by atoms with Crippen molar-refractivity contribution in [2.24, 2.45) is 4.99 Å². The molecule has 1 aliphatic rings. The van der Waals surface area contributed by atoms with Crippen LogP contribution in [0.5, 0.6) is 0 Å². The van der Waals surface area contributed by atoms with Crippen LogP contribution in [0.2, 0.25) is 0 Å². The lowest BCUT2D eigenvalue weighted by molar-refractivity contribution is 0.397. The molecule has 6 nitrogen and oxygen atoms in total. The summed E-state index contributed by atoms with van der Waals surface area (Å²) in [5.41, 5.74) is 1.21. The van der Waals surface area contributed by atoms with Gasteiger partial charge in [0.05, 0.1) is 6.04 Å². The molecular formula is C16H22BrIN6. The Morgan fingerprint density at radius 2 is 2.12 bits per heavy atom. The Morgan fingerprint density at radius 1 is 1.38 bits per heavy atom. The zero-order valence-corrected chi connectivity index (χ0v) is 17.7. The Labute approximate surface area is 167 Å². The van der Waals surface area contributed by atoms with E-state index < -0.39 is 0 Å². The van der Waals surface area contributed by atoms with Crippen LogP contribution < -0.4 is 10.6 Å². The number of nitrogens with zero attached hydrogens (tertiary/aromatic N) is 4. The summed E-state index contributed by atoms with van der Waals surface area (Å²) < 4.78 is 3.08. The maximum Gasteiger partial charge on any atom is 0.191 e. The van der Waals surface area contributed by atoms with Crippen LogP contribution in [-0.4, -0.2) is 27.8 Å². The molecule has 130 valence electrons. The smallest absolute Gasteiger partial charge is 0.191 e. The van der Waals surface area contributed by atoms with E-state index in [4.69, 9.17) is 0 Å². The summed E-state index contributed by atoms with van der Waals surface area (Å²) in [6, 6.07) is 8.41. The molecule has 1 aromatic carbocycles. The van der Waals surface area contributed by atoms with Gasteiger partial charge in [-0.15, -0.1) is 24.0 Å². The van der Waals surface area contributed by atoms with Crippen LogP contribution in [0.25, 0.3) is 0 Å². The van der Waals surface area contributed by atoms with Gasteiger partial charge in [-0.3, -0.25) is 4.99 Å². The van der Waals surface area contributed by atoms with Crippen molar-refractivity contribution in [2.45, 2.75) is 38.9 Å². The maximum atomic E-state index is 4.55. The first-order valence-corrected chi connectivity index (χ1v) is 8.58. The Morgan fingerprint density at radius 3 is 2.83 bits per heavy atom. The number of aliphatic imine (C=N–C) groups is 1. The molecule has 2 aromatic rings. The number of fused-ring (bicyclic) bond motifs is 1. The van der Waals surface area contributed by atoms with Crippen molar-refractivity contribution in [1.82, 2.24) is 25.4 Å². The minimum atomic E-state index is 0. The normalized spacial score (nSPS) is 17.0. The molecule has 0 fully saturated rings. The highest BCUT2D eigenvalue weighted by Gasteiger charge is 2.24. The molecule has 2 N–H and O–H groups in total. The lowest BCUT2D eigenvalue weighted by Gasteiger charge is -2.25. The van der Waals surface area contributed by atoms with Gasteiger partial charge in [-0.05, 0) is 37.5 Å². The van der Waals surface area contributed by atoms with E-state index in [0.29, 0.717) is 0 Å². The van der Waals surface area contributed by atoms with Crippen LogP contribution in [0.4, 0.5) is 0 Å². The zero-order chi connectivity index (χ0) is 16.2. The van der Waals surface area contributed by atoms with Crippen molar-refractivity contribution >= 4 is 45.9 Å². The number of hydrogen-bond acceptors (Lipinski definition) is 3. The Bertz CT molecular complexity index is 697. The number of hydrogen-bond donors (Lipinski definition) is 2. The van der Waals surface area contributed by atoms with Gasteiger partial charge in [-0.2, -0.15) is 5.10 Å². The van der Waals surface area contributed by atoms with Gasteiger partial charge in [0, 0.05) is 24.6 Å². The molecule has 1 aliphatic heterocycles. The molecule has 0 bridgehead atoms. The van der Waals surface area contributed by atoms with Gasteiger partial charge in [0.2, 0.25) is 0 Å². The second kappa shape index (κ2) is 8.80. The number of nitrogens with one attached hydrogen (secondary N) is 2. The predicted molar refractivity (Wildman–Crippen MR) is 110 cm³/mol. The van der Waals surface area contributed by atoms with Crippen molar-refractivity contribution in [1.29, 1.82) is 0 Å². The van der Waals surface area contributed by atoms with E-state index in [-0.39, 0.29) is 30.0 Å². The van der Waals surface area contributed by atoms with Crippen molar-refractivity contribution in [3.05, 3.63) is 46.0 Å². The average Bonchev–Trinajstić information content (AvgIpc) is 2.94. The maximum absolute atomic E-state index is 4.55. The second-order valence-electron chi connectivity index (χ2n) is 5.63. The summed E-state index contributed by atoms with van der Waals surface area (Å²) in [6.07, 6.45) is 2.13. The fourth-order valence-electron chi connectivity index (χ4n) is 2.75. The molecule has 1 atom stereocenters. The van der Waals surface area contributed by atoms with Crippen molar-refractivity contribution < 1.29 is 0 Å². The fraction of sp³-hybridized carbons (Fsp3) is 0.438. The molecule has 8 heteroatoms. The molecule has 3 rings (SSSR count). The van der Waals surface area contributed by atoms with E-state index in [1.807, 2.05) is 23.7 Å². The molecule has 1 unspecified atom stereocenters. The Balaban J connectivity index is 0.00000208. The van der Waals surface area contributed by atoms with Crippen molar-refractivity contribution in [2.75, 3.05) is 7.05 Å². The minimum absolute atomic E-state index is 0. The number of aryl methyl sites for hydroxylation is 2. The number of benzene rings is 1. The van der Waals surface area contributed by atoms with E-state index in [9.17, 15) is 0 Å². The number of guanidine groups is 1. The quantitative estimate of drug-likeness (QED) is 0.383. The molecule has 1 aromatic heterocycles. The summed E-state index contributed by atoms with van der Waals surface area (Å²) in [5.74, 6) is 2.61. The summed E-state index contributed by atoms with van der Waals surface area (Å²) in [4.78, 5) is 8.87. The topological polar surface area (TPSA) is 67.1 Å². The fourth-order valence-corrected chi connectivity index (χ4v) is 3.02. The van der Waals surface area contributed by atoms with E-state index in [2.05, 4.69) is 53.8 Å². The summed E-state index contributed by atoms with van der Waals surface area (Å²) in [6.45, 7) is 3.60. The van der Waals surface area contributed by atoms with Crippen molar-refractivity contribution in [3.8, 4) is 0 Å². The monoisotopic (exact) mass is 504 g/mol. The van der Waals surface area contributed by atoms with Crippen molar-refractivity contribution in [3.63, 3.8) is 0 Å². The van der Waals surface area contributed by atoms with Gasteiger partial charge in [0.1, 0.15) is 11.6 Å². The SMILES string of the molecule is CN=C(NCc1ccc(Br)cc1)NC1CCCn2nc(C)nc21.I. The molecule has 0 aliphatic carbocycles. The average molecular weight is 505 g/mol. The third-order valence-electron chi connectivity index (χ3n) is 3.89. The minimum Gasteiger partial charge on any atom is -0.352 e. The highest BCUT2D eigenvalue weighted by molar-refractivity contribution is 14.0. The van der Waals surface area contributed by atoms with Gasteiger partial charge in [-0.1, -0.05) is 28.1 Å². The molecule has 0 amide bonds. The molecular weight excluding hydrogens is 483 g/mol. The van der Waals surface area contributed by atoms with E-state index in [1.54, 1.807) is 7.05 Å². The number of aromatic nitrogens is 3. The van der Waals surface area contributed by atoms with Gasteiger partial charge in [0.25, 0.3) is 0 Å². The van der Waals surface area contributed by atoms with Crippen LogP contribution in [0.3, 0.4) is 0 Å². The second-order valence-corrected chi connectivity index (χ2v) is 6.55. The lowest BCUT2D eigenvalue weighted by Crippen LogP contribution is -2.41. The third-order valence-corrected chi connectivity index (χ3v) is 4.42. The molecule has 24 heavy (non-hydrogen) atoms. The van der Waals surface area contributed by atoms with E-state index >= 15 is 0 Å². The first-order chi connectivity index (χ1) is 11.2. The van der Waals surface area contributed by atoms with Gasteiger partial charge in [-0.25, -0.2) is 9.67 Å². The Hall–Kier alpha value is -1.16. The first kappa shape index (κ1) is 19.2. The largest absolute Gasteiger partial charge is 0.352 e. The summed E-state index contributed by atoms with van der Waals surface area (Å²) >= 11 is 3.45. The molecule has 0 spiro atoms. The highest BCUT2D eigenvalue weighted by atomic mass is 127. The van der Waals surface area contributed by atoms with Crippen LogP contribution in [0.1, 0.15) is 36.1 Å². The van der Waals surface area contributed by atoms with E-state index in [1.165, 1.54) is 5.56 Å². The molecule has 0 saturated heterocycles. The standard InChI is InChI=1S/C16H21BrN6.HI/c1-11-20-15-14(4-3-9-23(15)22-11)21-16(18-2)19-10-12-5-7-13(17)8-6-12;/h5-8,14H,3-4,9-10H2,1-2H3,(H2,18,19,21);1H. The Kier molecular flexibility index (Phi) is 7.02. The van der Waals surface area contributed by atoms with Gasteiger partial charge < -0.3 is 10.6 Å².